The van der Waals surface area contributed by atoms with Crippen LogP contribution in [0.1, 0.15) is 56.3 Å². The second kappa shape index (κ2) is 15.6. The van der Waals surface area contributed by atoms with Crippen molar-refractivity contribution in [1.82, 2.24) is 10.6 Å². The van der Waals surface area contributed by atoms with Gasteiger partial charge in [0, 0.05) is 19.0 Å². The van der Waals surface area contributed by atoms with Crippen LogP contribution in [-0.2, 0) is 22.6 Å². The van der Waals surface area contributed by atoms with E-state index in [1.165, 1.54) is 6.92 Å². The fraction of sp³-hybridized carbons (Fsp3) is 0.417. The number of benzene rings is 2. The zero-order valence-corrected chi connectivity index (χ0v) is 28.4. The highest BCUT2D eigenvalue weighted by atomic mass is 16.5. The second-order valence-electron chi connectivity index (χ2n) is 11.5. The monoisotopic (exact) mass is 647 g/mol. The van der Waals surface area contributed by atoms with Crippen molar-refractivity contribution in [2.75, 3.05) is 40.9 Å². The molecular formula is C36H45N3O8. The maximum atomic E-state index is 13.9. The van der Waals surface area contributed by atoms with Gasteiger partial charge in [-0.1, -0.05) is 32.4 Å². The summed E-state index contributed by atoms with van der Waals surface area (Å²) in [6, 6.07) is 11.3. The third-order valence-electron chi connectivity index (χ3n) is 8.64. The Hall–Kier alpha value is -4.93. The largest absolute Gasteiger partial charge is 0.493 e. The van der Waals surface area contributed by atoms with Crippen molar-refractivity contribution in [3.63, 3.8) is 0 Å². The van der Waals surface area contributed by atoms with Crippen LogP contribution >= 0.6 is 0 Å². The smallest absolute Gasteiger partial charge is 0.243 e. The molecule has 0 spiro atoms. The number of hydrogen-bond acceptors (Lipinski definition) is 9. The molecule has 3 aromatic carbocycles. The van der Waals surface area contributed by atoms with Gasteiger partial charge in [0.1, 0.15) is 6.04 Å². The number of carbonyl (C=O) groups is 2. The number of aryl methyl sites for hydroxylation is 1. The molecule has 0 aliphatic heterocycles. The third kappa shape index (κ3) is 7.56. The lowest BCUT2D eigenvalue weighted by Gasteiger charge is -2.24. The lowest BCUT2D eigenvalue weighted by atomic mass is 9.95. The predicted molar refractivity (Wildman–Crippen MR) is 181 cm³/mol. The summed E-state index contributed by atoms with van der Waals surface area (Å²) in [5.41, 5.74) is 3.80. The van der Waals surface area contributed by atoms with E-state index in [1.807, 2.05) is 38.1 Å². The highest BCUT2D eigenvalue weighted by Crippen LogP contribution is 2.50. The molecule has 2 amide bonds. The van der Waals surface area contributed by atoms with Crippen LogP contribution in [-0.4, -0.2) is 53.4 Å². The van der Waals surface area contributed by atoms with E-state index in [4.69, 9.17) is 23.7 Å². The molecule has 11 nitrogen and oxygen atoms in total. The highest BCUT2D eigenvalue weighted by Gasteiger charge is 2.30. The molecule has 3 aromatic rings. The van der Waals surface area contributed by atoms with E-state index in [2.05, 4.69) is 16.0 Å². The van der Waals surface area contributed by atoms with E-state index in [-0.39, 0.29) is 35.4 Å². The van der Waals surface area contributed by atoms with Gasteiger partial charge in [0.15, 0.2) is 23.0 Å². The molecule has 0 fully saturated rings. The first kappa shape index (κ1) is 34.9. The van der Waals surface area contributed by atoms with E-state index >= 15 is 0 Å². The van der Waals surface area contributed by atoms with E-state index < -0.39 is 12.1 Å². The van der Waals surface area contributed by atoms with Gasteiger partial charge < -0.3 is 39.6 Å². The van der Waals surface area contributed by atoms with E-state index in [1.54, 1.807) is 53.7 Å². The topological polar surface area (TPSA) is 133 Å². The van der Waals surface area contributed by atoms with Gasteiger partial charge in [-0.05, 0) is 71.3 Å². The van der Waals surface area contributed by atoms with Crippen molar-refractivity contribution in [2.45, 2.75) is 58.7 Å². The molecule has 1 aliphatic carbocycles. The molecule has 4 rings (SSSR count). The fourth-order valence-corrected chi connectivity index (χ4v) is 5.99. The molecule has 0 saturated carbocycles. The van der Waals surface area contributed by atoms with Crippen LogP contribution in [0.15, 0.2) is 47.3 Å². The Balaban J connectivity index is 1.77. The Morgan fingerprint density at radius 1 is 0.872 bits per heavy atom. The predicted octanol–water partition coefficient (Wildman–Crippen LogP) is 5.02. The Morgan fingerprint density at radius 2 is 1.57 bits per heavy atom. The Labute approximate surface area is 275 Å². The zero-order chi connectivity index (χ0) is 34.2. The van der Waals surface area contributed by atoms with E-state index in [0.717, 1.165) is 16.7 Å². The highest BCUT2D eigenvalue weighted by molar-refractivity contribution is 5.86. The first-order valence-electron chi connectivity index (χ1n) is 15.6. The minimum absolute atomic E-state index is 0.104. The number of rotatable bonds is 13. The molecule has 11 heteroatoms. The molecule has 0 bridgehead atoms. The van der Waals surface area contributed by atoms with Gasteiger partial charge in [0.2, 0.25) is 23.0 Å². The van der Waals surface area contributed by atoms with Crippen LogP contribution < -0.4 is 45.1 Å². The second-order valence-corrected chi connectivity index (χ2v) is 11.5. The Morgan fingerprint density at radius 3 is 2.19 bits per heavy atom. The number of ether oxygens (including phenoxy) is 5. The van der Waals surface area contributed by atoms with Crippen molar-refractivity contribution in [2.24, 2.45) is 5.92 Å². The molecule has 0 aromatic heterocycles. The van der Waals surface area contributed by atoms with Crippen LogP contribution in [0, 0.1) is 5.92 Å². The summed E-state index contributed by atoms with van der Waals surface area (Å²) in [6.07, 6.45) is 1.82. The molecule has 3 atom stereocenters. The van der Waals surface area contributed by atoms with Crippen LogP contribution in [0.4, 0.5) is 5.69 Å². The summed E-state index contributed by atoms with van der Waals surface area (Å²) in [6.45, 7) is 5.67. The Kier molecular flexibility index (Phi) is 11.6. The summed E-state index contributed by atoms with van der Waals surface area (Å²) in [4.78, 5) is 39.8. The van der Waals surface area contributed by atoms with Gasteiger partial charge in [-0.25, -0.2) is 0 Å². The maximum Gasteiger partial charge on any atom is 0.243 e. The molecule has 252 valence electrons. The zero-order valence-electron chi connectivity index (χ0n) is 28.4. The van der Waals surface area contributed by atoms with Crippen LogP contribution in [0.5, 0.6) is 28.7 Å². The number of hydrogen-bond donors (Lipinski definition) is 3. The molecule has 3 N–H and O–H groups in total. The first-order chi connectivity index (χ1) is 22.6. The minimum Gasteiger partial charge on any atom is -0.493 e. The molecule has 0 heterocycles. The lowest BCUT2D eigenvalue weighted by molar-refractivity contribution is -0.123. The Bertz CT molecular complexity index is 1680. The van der Waals surface area contributed by atoms with E-state index in [9.17, 15) is 14.4 Å². The lowest BCUT2D eigenvalue weighted by Crippen LogP contribution is -2.44. The average Bonchev–Trinajstić information content (AvgIpc) is 3.32. The quantitative estimate of drug-likeness (QED) is 0.234. The van der Waals surface area contributed by atoms with Crippen molar-refractivity contribution < 1.29 is 33.3 Å². The van der Waals surface area contributed by atoms with Crippen LogP contribution in [0.3, 0.4) is 0 Å². The molecule has 0 unspecified atom stereocenters. The van der Waals surface area contributed by atoms with Crippen molar-refractivity contribution in [1.29, 1.82) is 0 Å². The van der Waals surface area contributed by atoms with Gasteiger partial charge in [-0.2, -0.15) is 0 Å². The minimum atomic E-state index is -0.702. The van der Waals surface area contributed by atoms with Crippen molar-refractivity contribution >= 4 is 17.5 Å². The summed E-state index contributed by atoms with van der Waals surface area (Å²) < 4.78 is 27.9. The maximum absolute atomic E-state index is 13.9. The normalized spacial score (nSPS) is 14.7. The fourth-order valence-electron chi connectivity index (χ4n) is 5.99. The summed E-state index contributed by atoms with van der Waals surface area (Å²) in [5.74, 6) is 2.00. The van der Waals surface area contributed by atoms with Crippen molar-refractivity contribution in [3.05, 3.63) is 69.4 Å². The summed E-state index contributed by atoms with van der Waals surface area (Å²) >= 11 is 0. The van der Waals surface area contributed by atoms with Crippen molar-refractivity contribution in [3.8, 4) is 39.9 Å². The van der Waals surface area contributed by atoms with Gasteiger partial charge in [-0.15, -0.1) is 0 Å². The van der Waals surface area contributed by atoms with E-state index in [0.29, 0.717) is 59.1 Å². The number of fused-ring (bicyclic) bond motifs is 3. The van der Waals surface area contributed by atoms with Crippen LogP contribution in [0.25, 0.3) is 11.1 Å². The third-order valence-corrected chi connectivity index (χ3v) is 8.64. The number of nitrogens with one attached hydrogen (secondary N) is 3. The number of anilines is 1. The standard InChI is InChI=1S/C36H45N3O8/c1-9-20(2)33(36(42)37-19-22-10-15-29(43-4)30(16-22)44-5)39-27-14-12-24-25(18-28(27)41)26(38-21(3)40)13-11-23-17-31(45-6)34(46-7)35(47-8)32(23)24/h10,12,14-18,20,26,33H,9,11,13,19H2,1-8H3,(H,37,42)(H,38,40)(H,39,41)/t20-,26+,33+/m1/s1. The molecule has 0 saturated heterocycles. The molecule has 0 radical (unpaired) electrons. The number of amides is 2. The number of methoxy groups -OCH3 is 5. The molecule has 1 aliphatic rings. The van der Waals surface area contributed by atoms with Gasteiger partial charge in [-0.3, -0.25) is 14.4 Å². The average molecular weight is 648 g/mol. The number of carbonyl (C=O) groups excluding carboxylic acids is 2. The SMILES string of the molecule is CC[C@@H](C)[C@H](Nc1ccc2c(cc1=O)[C@@H](NC(C)=O)CCc1cc(OC)c(OC)c(OC)c1-2)C(=O)NCc1ccc(OC)c(OC)c1. The molecule has 47 heavy (non-hydrogen) atoms. The van der Waals surface area contributed by atoms with Gasteiger partial charge >= 0.3 is 0 Å². The molecular weight excluding hydrogens is 602 g/mol. The van der Waals surface area contributed by atoms with Crippen LogP contribution in [0.2, 0.25) is 0 Å². The summed E-state index contributed by atoms with van der Waals surface area (Å²) in [5, 5.41) is 9.27. The first-order valence-corrected chi connectivity index (χ1v) is 15.6. The summed E-state index contributed by atoms with van der Waals surface area (Å²) in [7, 11) is 7.78. The van der Waals surface area contributed by atoms with Gasteiger partial charge in [0.05, 0.1) is 47.3 Å². The van der Waals surface area contributed by atoms with Gasteiger partial charge in [0.25, 0.3) is 0 Å².